The van der Waals surface area contributed by atoms with Gasteiger partial charge in [-0.25, -0.2) is 9.78 Å². The highest BCUT2D eigenvalue weighted by Crippen LogP contribution is 2.15. The van der Waals surface area contributed by atoms with Gasteiger partial charge in [0.1, 0.15) is 0 Å². The van der Waals surface area contributed by atoms with E-state index in [-0.39, 0.29) is 30.2 Å². The van der Waals surface area contributed by atoms with Crippen molar-refractivity contribution >= 4 is 23.4 Å². The van der Waals surface area contributed by atoms with Crippen LogP contribution >= 0.6 is 11.6 Å². The van der Waals surface area contributed by atoms with Crippen molar-refractivity contribution < 1.29 is 14.3 Å². The second kappa shape index (κ2) is 6.47. The molecule has 0 saturated carbocycles. The quantitative estimate of drug-likeness (QED) is 0.601. The van der Waals surface area contributed by atoms with E-state index in [0.29, 0.717) is 5.02 Å². The number of likely N-dealkylation sites (N-methyl/N-ethyl adjacent to an activating group) is 1. The molecule has 1 aromatic rings. The maximum atomic E-state index is 12.0. The summed E-state index contributed by atoms with van der Waals surface area (Å²) in [4.78, 5) is 29.2. The molecule has 0 radical (unpaired) electrons. The fourth-order valence-electron chi connectivity index (χ4n) is 1.39. The van der Waals surface area contributed by atoms with Crippen molar-refractivity contribution in [3.63, 3.8) is 0 Å². The average Bonchev–Trinajstić information content (AvgIpc) is 2.28. The molecule has 18 heavy (non-hydrogen) atoms. The Morgan fingerprint density at radius 2 is 2.11 bits per heavy atom. The van der Waals surface area contributed by atoms with Gasteiger partial charge in [0.05, 0.1) is 23.7 Å². The van der Waals surface area contributed by atoms with Gasteiger partial charge in [-0.2, -0.15) is 0 Å². The summed E-state index contributed by atoms with van der Waals surface area (Å²) >= 11 is 5.80. The van der Waals surface area contributed by atoms with Crippen LogP contribution in [0.25, 0.3) is 0 Å². The Bertz CT molecular complexity index is 461. The molecule has 0 amide bonds. The van der Waals surface area contributed by atoms with E-state index in [1.807, 2.05) is 0 Å². The van der Waals surface area contributed by atoms with Crippen molar-refractivity contribution in [2.45, 2.75) is 6.92 Å². The molecule has 0 atom stereocenters. The summed E-state index contributed by atoms with van der Waals surface area (Å²) in [7, 11) is 3.53. The van der Waals surface area contributed by atoms with Gasteiger partial charge in [0.2, 0.25) is 0 Å². The maximum Gasteiger partial charge on any atom is 0.357 e. The van der Waals surface area contributed by atoms with Gasteiger partial charge in [0.25, 0.3) is 0 Å². The highest BCUT2D eigenvalue weighted by atomic mass is 35.5. The lowest BCUT2D eigenvalue weighted by Crippen LogP contribution is -2.24. The van der Waals surface area contributed by atoms with E-state index < -0.39 is 5.97 Å². The van der Waals surface area contributed by atoms with Crippen molar-refractivity contribution in [3.8, 4) is 0 Å². The van der Waals surface area contributed by atoms with E-state index in [2.05, 4.69) is 4.98 Å². The normalized spacial score (nSPS) is 10.5. The van der Waals surface area contributed by atoms with Crippen LogP contribution in [-0.4, -0.2) is 48.9 Å². The van der Waals surface area contributed by atoms with E-state index in [4.69, 9.17) is 16.3 Å². The summed E-state index contributed by atoms with van der Waals surface area (Å²) in [6.07, 6.45) is 1.32. The molecule has 1 heterocycles. The molecule has 0 fully saturated rings. The number of pyridine rings is 1. The van der Waals surface area contributed by atoms with Gasteiger partial charge in [-0.05, 0) is 27.1 Å². The van der Waals surface area contributed by atoms with Crippen LogP contribution in [0.3, 0.4) is 0 Å². The molecule has 0 spiro atoms. The third-order valence-corrected chi connectivity index (χ3v) is 2.29. The lowest BCUT2D eigenvalue weighted by atomic mass is 10.1. The predicted octanol–water partition coefficient (Wildman–Crippen LogP) is 1.66. The summed E-state index contributed by atoms with van der Waals surface area (Å²) in [5, 5.41) is 0.310. The van der Waals surface area contributed by atoms with Crippen LogP contribution in [0.5, 0.6) is 0 Å². The fraction of sp³-hybridized carbons (Fsp3) is 0.417. The van der Waals surface area contributed by atoms with Crippen molar-refractivity contribution in [2.75, 3.05) is 27.2 Å². The molecule has 0 N–H and O–H groups in total. The monoisotopic (exact) mass is 270 g/mol. The summed E-state index contributed by atoms with van der Waals surface area (Å²) in [5.41, 5.74) is 0.197. The topological polar surface area (TPSA) is 59.5 Å². The fourth-order valence-corrected chi connectivity index (χ4v) is 1.54. The van der Waals surface area contributed by atoms with Crippen LogP contribution in [0.4, 0.5) is 0 Å². The number of nitrogens with zero attached hydrogens (tertiary/aromatic N) is 2. The van der Waals surface area contributed by atoms with Crippen molar-refractivity contribution in [3.05, 3.63) is 28.5 Å². The van der Waals surface area contributed by atoms with Crippen LogP contribution in [0.1, 0.15) is 27.8 Å². The zero-order chi connectivity index (χ0) is 13.7. The Labute approximate surface area is 111 Å². The number of Topliss-reactive ketones (excluding diaryl/α,β-unsaturated/α-hetero) is 1. The van der Waals surface area contributed by atoms with Gasteiger partial charge in [-0.15, -0.1) is 0 Å². The predicted molar refractivity (Wildman–Crippen MR) is 68.1 cm³/mol. The van der Waals surface area contributed by atoms with Crippen LogP contribution in [0, 0.1) is 0 Å². The van der Waals surface area contributed by atoms with Crippen molar-refractivity contribution in [1.82, 2.24) is 9.88 Å². The second-order valence-electron chi connectivity index (χ2n) is 3.93. The molecule has 0 aliphatic heterocycles. The minimum absolute atomic E-state index is 0.00750. The van der Waals surface area contributed by atoms with Crippen LogP contribution in [0.15, 0.2) is 12.3 Å². The lowest BCUT2D eigenvalue weighted by Gasteiger charge is -2.11. The SMILES string of the molecule is CCOC(=O)c1ncc(Cl)cc1C(=O)CN(C)C. The Hall–Kier alpha value is -1.46. The molecule has 0 aromatic carbocycles. The van der Waals surface area contributed by atoms with E-state index in [0.717, 1.165) is 0 Å². The smallest absolute Gasteiger partial charge is 0.357 e. The maximum absolute atomic E-state index is 12.0. The number of carbonyl (C=O) groups is 2. The first-order valence-electron chi connectivity index (χ1n) is 5.46. The Kier molecular flexibility index (Phi) is 5.25. The molecule has 5 nitrogen and oxygen atoms in total. The number of hydrogen-bond donors (Lipinski definition) is 0. The summed E-state index contributed by atoms with van der Waals surface area (Å²) in [6, 6.07) is 1.44. The van der Waals surface area contributed by atoms with E-state index in [1.54, 1.807) is 25.9 Å². The molecule has 1 rings (SSSR count). The van der Waals surface area contributed by atoms with E-state index >= 15 is 0 Å². The summed E-state index contributed by atoms with van der Waals surface area (Å²) < 4.78 is 4.85. The number of aromatic nitrogens is 1. The minimum Gasteiger partial charge on any atom is -0.461 e. The first-order chi connectivity index (χ1) is 8.45. The number of rotatable bonds is 5. The summed E-state index contributed by atoms with van der Waals surface area (Å²) in [6.45, 7) is 2.09. The number of carbonyl (C=O) groups excluding carboxylic acids is 2. The second-order valence-corrected chi connectivity index (χ2v) is 4.37. The van der Waals surface area contributed by atoms with Crippen LogP contribution in [0.2, 0.25) is 5.02 Å². The largest absolute Gasteiger partial charge is 0.461 e. The van der Waals surface area contributed by atoms with E-state index in [1.165, 1.54) is 12.3 Å². The molecule has 0 bridgehead atoms. The molecule has 0 aliphatic rings. The number of ketones is 1. The Balaban J connectivity index is 3.11. The third-order valence-electron chi connectivity index (χ3n) is 2.08. The highest BCUT2D eigenvalue weighted by molar-refractivity contribution is 6.31. The lowest BCUT2D eigenvalue weighted by molar-refractivity contribution is 0.0515. The number of hydrogen-bond acceptors (Lipinski definition) is 5. The minimum atomic E-state index is -0.615. The number of esters is 1. The first kappa shape index (κ1) is 14.6. The highest BCUT2D eigenvalue weighted by Gasteiger charge is 2.20. The molecular formula is C12H15ClN2O3. The Morgan fingerprint density at radius 3 is 2.67 bits per heavy atom. The summed E-state index contributed by atoms with van der Waals surface area (Å²) in [5.74, 6) is -0.839. The molecule has 0 aliphatic carbocycles. The average molecular weight is 271 g/mol. The molecule has 1 aromatic heterocycles. The Morgan fingerprint density at radius 1 is 1.44 bits per heavy atom. The number of ether oxygens (including phenoxy) is 1. The molecule has 0 saturated heterocycles. The zero-order valence-corrected chi connectivity index (χ0v) is 11.3. The zero-order valence-electron chi connectivity index (χ0n) is 10.6. The van der Waals surface area contributed by atoms with Crippen molar-refractivity contribution in [2.24, 2.45) is 0 Å². The van der Waals surface area contributed by atoms with Gasteiger partial charge in [0, 0.05) is 6.20 Å². The third kappa shape index (κ3) is 3.78. The van der Waals surface area contributed by atoms with Gasteiger partial charge in [0.15, 0.2) is 11.5 Å². The molecule has 6 heteroatoms. The standard InChI is InChI=1S/C12H15ClN2O3/c1-4-18-12(17)11-9(5-8(13)6-14-11)10(16)7-15(2)3/h5-6H,4,7H2,1-3H3. The van der Waals surface area contributed by atoms with Crippen LogP contribution < -0.4 is 0 Å². The first-order valence-corrected chi connectivity index (χ1v) is 5.84. The van der Waals surface area contributed by atoms with Gasteiger partial charge < -0.3 is 9.64 Å². The van der Waals surface area contributed by atoms with E-state index in [9.17, 15) is 9.59 Å². The van der Waals surface area contributed by atoms with Gasteiger partial charge >= 0.3 is 5.97 Å². The van der Waals surface area contributed by atoms with Crippen LogP contribution in [-0.2, 0) is 4.74 Å². The molecular weight excluding hydrogens is 256 g/mol. The van der Waals surface area contributed by atoms with Gasteiger partial charge in [-0.3, -0.25) is 4.79 Å². The molecule has 98 valence electrons. The molecule has 0 unspecified atom stereocenters. The van der Waals surface area contributed by atoms with Crippen molar-refractivity contribution in [1.29, 1.82) is 0 Å². The van der Waals surface area contributed by atoms with Gasteiger partial charge in [-0.1, -0.05) is 11.6 Å². The number of halogens is 1.